The molecule has 0 atom stereocenters. The van der Waals surface area contributed by atoms with Gasteiger partial charge in [-0.1, -0.05) is 0 Å². The van der Waals surface area contributed by atoms with Crippen molar-refractivity contribution in [1.82, 2.24) is 20.0 Å². The molecule has 1 spiro atoms. The number of hydrogen-bond acceptors (Lipinski definition) is 7. The lowest BCUT2D eigenvalue weighted by molar-refractivity contribution is 0.200. The number of nitrogens with zero attached hydrogens (tertiary/aromatic N) is 4. The van der Waals surface area contributed by atoms with E-state index >= 15 is 0 Å². The Morgan fingerprint density at radius 3 is 2.66 bits per heavy atom. The van der Waals surface area contributed by atoms with Crippen LogP contribution in [0.4, 0.5) is 5.69 Å². The number of aromatic nitrogens is 4. The Bertz CT molecular complexity index is 1410. The minimum atomic E-state index is -2.93. The third-order valence-electron chi connectivity index (χ3n) is 6.97. The Labute approximate surface area is 185 Å². The SMILES string of the molecule is Cn1nc(-c2n[nH]c3ccc(OC4(C)CC4)cc23)cc(N2CCC3(C2)CS(=O)(=O)C3)c1=O. The number of benzene rings is 1. The highest BCUT2D eigenvalue weighted by molar-refractivity contribution is 7.92. The van der Waals surface area contributed by atoms with Gasteiger partial charge in [0.25, 0.3) is 5.56 Å². The molecule has 0 amide bonds. The zero-order valence-electron chi connectivity index (χ0n) is 18.1. The zero-order valence-corrected chi connectivity index (χ0v) is 18.9. The van der Waals surface area contributed by atoms with Gasteiger partial charge in [0.15, 0.2) is 9.84 Å². The zero-order chi connectivity index (χ0) is 22.3. The van der Waals surface area contributed by atoms with Crippen molar-refractivity contribution in [3.63, 3.8) is 0 Å². The van der Waals surface area contributed by atoms with Crippen molar-refractivity contribution in [2.24, 2.45) is 12.5 Å². The molecule has 3 aromatic rings. The van der Waals surface area contributed by atoms with Gasteiger partial charge in [0.2, 0.25) is 0 Å². The van der Waals surface area contributed by atoms with E-state index in [-0.39, 0.29) is 28.1 Å². The molecule has 32 heavy (non-hydrogen) atoms. The van der Waals surface area contributed by atoms with Gasteiger partial charge in [-0.2, -0.15) is 10.2 Å². The highest BCUT2D eigenvalue weighted by atomic mass is 32.2. The maximum atomic E-state index is 12.9. The second kappa shape index (κ2) is 6.34. The van der Waals surface area contributed by atoms with Gasteiger partial charge in [0, 0.05) is 30.9 Å². The molecular formula is C22H25N5O4S. The topological polar surface area (TPSA) is 110 Å². The van der Waals surface area contributed by atoms with Crippen LogP contribution in [0.25, 0.3) is 22.3 Å². The summed E-state index contributed by atoms with van der Waals surface area (Å²) in [6, 6.07) is 7.62. The van der Waals surface area contributed by atoms with Crippen LogP contribution in [0.3, 0.4) is 0 Å². The number of nitrogens with one attached hydrogen (secondary N) is 1. The van der Waals surface area contributed by atoms with E-state index in [1.165, 1.54) is 4.68 Å². The Morgan fingerprint density at radius 1 is 1.16 bits per heavy atom. The second-order valence-corrected chi connectivity index (χ2v) is 11.9. The predicted octanol–water partition coefficient (Wildman–Crippen LogP) is 1.88. The fourth-order valence-corrected chi connectivity index (χ4v) is 7.27. The van der Waals surface area contributed by atoms with Crippen LogP contribution >= 0.6 is 0 Å². The Morgan fingerprint density at radius 2 is 1.94 bits per heavy atom. The largest absolute Gasteiger partial charge is 0.488 e. The third kappa shape index (κ3) is 3.19. The lowest BCUT2D eigenvalue weighted by Gasteiger charge is -2.37. The summed E-state index contributed by atoms with van der Waals surface area (Å²) in [4.78, 5) is 14.9. The van der Waals surface area contributed by atoms with Crippen molar-refractivity contribution < 1.29 is 13.2 Å². The standard InChI is InChI=1S/C22H25N5O4S/c1-21(5-6-21)31-14-3-4-16-15(9-14)19(24-23-16)17-10-18(20(28)26(2)25-17)27-8-7-22(11-27)12-32(29,30)13-22/h3-4,9-10H,5-8,11-13H2,1-2H3,(H,23,24). The number of aromatic amines is 1. The van der Waals surface area contributed by atoms with Crippen LogP contribution in [-0.4, -0.2) is 58.6 Å². The van der Waals surface area contributed by atoms with Crippen LogP contribution in [0.15, 0.2) is 29.1 Å². The number of anilines is 1. The first-order chi connectivity index (χ1) is 15.1. The van der Waals surface area contributed by atoms with Gasteiger partial charge >= 0.3 is 0 Å². The number of ether oxygens (including phenoxy) is 1. The Hall–Kier alpha value is -2.88. The molecule has 1 saturated carbocycles. The summed E-state index contributed by atoms with van der Waals surface area (Å²) in [7, 11) is -1.30. The number of rotatable bonds is 4. The normalized spacial score (nSPS) is 22.2. The number of hydrogen-bond donors (Lipinski definition) is 1. The van der Waals surface area contributed by atoms with Crippen LogP contribution in [0.1, 0.15) is 26.2 Å². The summed E-state index contributed by atoms with van der Waals surface area (Å²) < 4.78 is 30.9. The monoisotopic (exact) mass is 455 g/mol. The maximum Gasteiger partial charge on any atom is 0.290 e. The molecule has 2 saturated heterocycles. The summed E-state index contributed by atoms with van der Waals surface area (Å²) in [5, 5.41) is 12.9. The number of aryl methyl sites for hydroxylation is 1. The highest BCUT2D eigenvalue weighted by Crippen LogP contribution is 2.43. The van der Waals surface area contributed by atoms with E-state index in [1.54, 1.807) is 13.1 Å². The summed E-state index contributed by atoms with van der Waals surface area (Å²) in [6.45, 7) is 3.33. The average Bonchev–Trinajstić information content (AvgIpc) is 3.11. The van der Waals surface area contributed by atoms with Crippen LogP contribution < -0.4 is 15.2 Å². The number of fused-ring (bicyclic) bond motifs is 1. The van der Waals surface area contributed by atoms with Crippen LogP contribution in [0.5, 0.6) is 5.75 Å². The molecule has 1 aromatic carbocycles. The molecule has 0 bridgehead atoms. The molecule has 2 aromatic heterocycles. The molecule has 9 nitrogen and oxygen atoms in total. The smallest absolute Gasteiger partial charge is 0.290 e. The molecule has 6 rings (SSSR count). The van der Waals surface area contributed by atoms with E-state index in [9.17, 15) is 13.2 Å². The van der Waals surface area contributed by atoms with Gasteiger partial charge in [0.05, 0.1) is 17.0 Å². The fourth-order valence-electron chi connectivity index (χ4n) is 5.02. The van der Waals surface area contributed by atoms with Gasteiger partial charge < -0.3 is 9.64 Å². The highest BCUT2D eigenvalue weighted by Gasteiger charge is 2.52. The molecule has 10 heteroatoms. The molecule has 3 fully saturated rings. The number of sulfone groups is 1. The molecule has 4 heterocycles. The lowest BCUT2D eigenvalue weighted by atomic mass is 9.91. The van der Waals surface area contributed by atoms with Gasteiger partial charge in [-0.15, -0.1) is 0 Å². The minimum Gasteiger partial charge on any atom is -0.488 e. The van der Waals surface area contributed by atoms with Gasteiger partial charge in [-0.3, -0.25) is 9.89 Å². The van der Waals surface area contributed by atoms with Crippen molar-refractivity contribution in [3.05, 3.63) is 34.6 Å². The first kappa shape index (κ1) is 19.8. The Kier molecular flexibility index (Phi) is 3.92. The van der Waals surface area contributed by atoms with Gasteiger partial charge in [-0.25, -0.2) is 13.1 Å². The van der Waals surface area contributed by atoms with Crippen molar-refractivity contribution >= 4 is 26.4 Å². The van der Waals surface area contributed by atoms with Crippen molar-refractivity contribution in [3.8, 4) is 17.1 Å². The third-order valence-corrected chi connectivity index (χ3v) is 9.08. The number of H-pyrrole nitrogens is 1. The minimum absolute atomic E-state index is 0.0830. The lowest BCUT2D eigenvalue weighted by Crippen LogP contribution is -2.50. The predicted molar refractivity (Wildman–Crippen MR) is 121 cm³/mol. The molecule has 168 valence electrons. The van der Waals surface area contributed by atoms with E-state index in [0.29, 0.717) is 30.2 Å². The first-order valence-electron chi connectivity index (χ1n) is 10.9. The molecule has 0 radical (unpaired) electrons. The van der Waals surface area contributed by atoms with E-state index < -0.39 is 9.84 Å². The van der Waals surface area contributed by atoms with Crippen LogP contribution in [0, 0.1) is 5.41 Å². The summed E-state index contributed by atoms with van der Waals surface area (Å²) >= 11 is 0. The molecule has 3 aliphatic rings. The summed E-state index contributed by atoms with van der Waals surface area (Å²) in [5.41, 5.74) is 2.14. The van der Waals surface area contributed by atoms with Crippen LogP contribution in [0.2, 0.25) is 0 Å². The average molecular weight is 456 g/mol. The van der Waals surface area contributed by atoms with E-state index in [1.807, 2.05) is 23.1 Å². The molecule has 1 N–H and O–H groups in total. The van der Waals surface area contributed by atoms with E-state index in [4.69, 9.17) is 4.74 Å². The van der Waals surface area contributed by atoms with Crippen LogP contribution in [-0.2, 0) is 16.9 Å². The van der Waals surface area contributed by atoms with Gasteiger partial charge in [-0.05, 0) is 50.5 Å². The van der Waals surface area contributed by atoms with E-state index in [0.717, 1.165) is 35.9 Å². The van der Waals surface area contributed by atoms with Crippen molar-refractivity contribution in [1.29, 1.82) is 0 Å². The molecule has 0 unspecified atom stereocenters. The second-order valence-electron chi connectivity index (χ2n) is 9.88. The summed E-state index contributed by atoms with van der Waals surface area (Å²) in [6.07, 6.45) is 2.87. The molecular weight excluding hydrogens is 430 g/mol. The summed E-state index contributed by atoms with van der Waals surface area (Å²) in [5.74, 6) is 1.21. The Balaban J connectivity index is 1.37. The fraction of sp³-hybridized carbons (Fsp3) is 0.500. The molecule has 2 aliphatic heterocycles. The first-order valence-corrected chi connectivity index (χ1v) is 12.7. The van der Waals surface area contributed by atoms with E-state index in [2.05, 4.69) is 22.2 Å². The molecule has 1 aliphatic carbocycles. The van der Waals surface area contributed by atoms with Crippen molar-refractivity contribution in [2.75, 3.05) is 29.5 Å². The maximum absolute atomic E-state index is 12.9. The quantitative estimate of drug-likeness (QED) is 0.640. The van der Waals surface area contributed by atoms with Crippen molar-refractivity contribution in [2.45, 2.75) is 31.8 Å². The van der Waals surface area contributed by atoms with Gasteiger partial charge in [0.1, 0.15) is 28.4 Å².